The summed E-state index contributed by atoms with van der Waals surface area (Å²) in [5.41, 5.74) is 1.64. The third-order valence-electron chi connectivity index (χ3n) is 13.2. The largest absolute Gasteiger partial charge is 0.417 e. The average Bonchev–Trinajstić information content (AvgIpc) is 3.19. The molecule has 2 aliphatic heterocycles. The second-order valence-corrected chi connectivity index (χ2v) is 44.4. The van der Waals surface area contributed by atoms with Crippen LogP contribution < -0.4 is 20.9 Å². The van der Waals surface area contributed by atoms with Crippen LogP contribution in [0.15, 0.2) is 28.1 Å². The zero-order valence-corrected chi connectivity index (χ0v) is 47.6. The lowest BCUT2D eigenvalue weighted by Gasteiger charge is -2.36. The Kier molecular flexibility index (Phi) is 23.5. The molecule has 0 saturated carbocycles. The quantitative estimate of drug-likeness (QED) is 0.0885. The SMILES string of the molecule is C.CC(C)(C)[Si](C)(C)OC/C=C/c1cn(COCC[Si](C)(C)C)c(=O)c(N2CCCCC2)n1.CC(C)(C)[Si](C)(C)OCCCc1cn(COCC[Si](C)(C)C)c(=O)c(N2CCCCC2)n1. The maximum Gasteiger partial charge on any atom is 0.295 e. The average molecular weight is 978 g/mol. The van der Waals surface area contributed by atoms with Gasteiger partial charge in [0.15, 0.2) is 28.3 Å². The zero-order chi connectivity index (χ0) is 48.0. The van der Waals surface area contributed by atoms with E-state index in [0.717, 1.165) is 94.8 Å². The maximum absolute atomic E-state index is 13.2. The number of anilines is 2. The first kappa shape index (κ1) is 58.9. The van der Waals surface area contributed by atoms with Crippen LogP contribution in [0.1, 0.15) is 105 Å². The molecule has 65 heavy (non-hydrogen) atoms. The standard InChI is InChI=1S/C24H47N3O3Si2.C24H45N3O3Si2.CH4/c2*1-24(2,3)32(7,8)30-16-12-13-21-19-27(20-29-17-18-31(4,5)6)23(28)22(25-21)26-14-10-9-11-15-26;/h19H,9-18,20H2,1-8H3;12-13,19H,9-11,14-18,20H2,1-8H3;1H4/b;13-12+;. The van der Waals surface area contributed by atoms with Crippen LogP contribution >= 0.6 is 0 Å². The van der Waals surface area contributed by atoms with E-state index < -0.39 is 32.8 Å². The minimum absolute atomic E-state index is 0. The lowest BCUT2D eigenvalue weighted by Crippen LogP contribution is -2.41. The van der Waals surface area contributed by atoms with E-state index in [2.05, 4.69) is 117 Å². The number of nitrogens with zero attached hydrogens (tertiary/aromatic N) is 6. The molecule has 4 heterocycles. The Morgan fingerprint density at radius 3 is 1.48 bits per heavy atom. The molecule has 0 bridgehead atoms. The van der Waals surface area contributed by atoms with E-state index in [9.17, 15) is 9.59 Å². The van der Waals surface area contributed by atoms with Crippen LogP contribution in [0.2, 0.25) is 87.6 Å². The van der Waals surface area contributed by atoms with Gasteiger partial charge in [0.05, 0.1) is 18.0 Å². The molecule has 374 valence electrons. The summed E-state index contributed by atoms with van der Waals surface area (Å²) in [4.78, 5) is 40.1. The summed E-state index contributed by atoms with van der Waals surface area (Å²) < 4.78 is 27.8. The van der Waals surface area contributed by atoms with E-state index in [-0.39, 0.29) is 35.4 Å². The smallest absolute Gasteiger partial charge is 0.295 e. The summed E-state index contributed by atoms with van der Waals surface area (Å²) in [6.45, 7) is 43.5. The van der Waals surface area contributed by atoms with Gasteiger partial charge in [-0.1, -0.05) is 94.3 Å². The summed E-state index contributed by atoms with van der Waals surface area (Å²) >= 11 is 0. The molecule has 2 aliphatic rings. The Labute approximate surface area is 400 Å². The van der Waals surface area contributed by atoms with Crippen molar-refractivity contribution in [2.45, 2.75) is 201 Å². The van der Waals surface area contributed by atoms with Gasteiger partial charge in [-0.3, -0.25) is 18.7 Å². The molecule has 16 heteroatoms. The summed E-state index contributed by atoms with van der Waals surface area (Å²) in [7, 11) is -5.84. The van der Waals surface area contributed by atoms with Crippen molar-refractivity contribution in [1.29, 1.82) is 0 Å². The van der Waals surface area contributed by atoms with E-state index in [4.69, 9.17) is 28.3 Å². The highest BCUT2D eigenvalue weighted by atomic mass is 28.4. The second-order valence-electron chi connectivity index (χ2n) is 23.6. The van der Waals surface area contributed by atoms with Gasteiger partial charge in [-0.15, -0.1) is 0 Å². The van der Waals surface area contributed by atoms with Crippen LogP contribution in [0.3, 0.4) is 0 Å². The van der Waals surface area contributed by atoms with Crippen LogP contribution in [-0.4, -0.2) is 104 Å². The third kappa shape index (κ3) is 20.5. The molecule has 0 radical (unpaired) electrons. The molecule has 0 spiro atoms. The Morgan fingerprint density at radius 2 is 1.03 bits per heavy atom. The van der Waals surface area contributed by atoms with Gasteiger partial charge < -0.3 is 28.1 Å². The van der Waals surface area contributed by atoms with Crippen LogP contribution in [0, 0.1) is 0 Å². The van der Waals surface area contributed by atoms with Crippen molar-refractivity contribution in [3.63, 3.8) is 0 Å². The minimum atomic E-state index is -1.79. The van der Waals surface area contributed by atoms with Gasteiger partial charge in [0.1, 0.15) is 13.5 Å². The van der Waals surface area contributed by atoms with Gasteiger partial charge in [-0.25, -0.2) is 9.97 Å². The topological polar surface area (TPSA) is 113 Å². The fourth-order valence-corrected chi connectivity index (χ4v) is 10.2. The number of hydrogen-bond acceptors (Lipinski definition) is 10. The molecule has 4 rings (SSSR count). The molecule has 0 amide bonds. The molecule has 0 N–H and O–H groups in total. The first-order valence-electron chi connectivity index (χ1n) is 24.4. The first-order valence-corrected chi connectivity index (χ1v) is 37.7. The van der Waals surface area contributed by atoms with E-state index in [0.29, 0.717) is 38.2 Å². The zero-order valence-electron chi connectivity index (χ0n) is 43.6. The molecule has 0 atom stereocenters. The van der Waals surface area contributed by atoms with Crippen LogP contribution in [0.25, 0.3) is 6.08 Å². The van der Waals surface area contributed by atoms with Gasteiger partial charge in [-0.2, -0.15) is 0 Å². The van der Waals surface area contributed by atoms with Crippen LogP contribution in [0.5, 0.6) is 0 Å². The number of piperidine rings is 2. The Morgan fingerprint density at radius 1 is 0.600 bits per heavy atom. The molecule has 0 aliphatic carbocycles. The van der Waals surface area contributed by atoms with E-state index in [1.165, 1.54) is 12.8 Å². The van der Waals surface area contributed by atoms with Gasteiger partial charge in [0.2, 0.25) is 0 Å². The first-order chi connectivity index (χ1) is 29.6. The van der Waals surface area contributed by atoms with E-state index >= 15 is 0 Å². The Balaban J connectivity index is 0.000000440. The molecular formula is C49H96N6O6Si4. The van der Waals surface area contributed by atoms with Crippen molar-refractivity contribution in [3.8, 4) is 0 Å². The lowest BCUT2D eigenvalue weighted by atomic mass is 10.1. The van der Waals surface area contributed by atoms with Gasteiger partial charge in [-0.05, 0) is 106 Å². The molecule has 12 nitrogen and oxygen atoms in total. The van der Waals surface area contributed by atoms with Crippen molar-refractivity contribution >= 4 is 50.5 Å². The van der Waals surface area contributed by atoms with Crippen LogP contribution in [0.4, 0.5) is 11.6 Å². The predicted octanol–water partition coefficient (Wildman–Crippen LogP) is 11.7. The molecular weight excluding hydrogens is 881 g/mol. The number of rotatable bonds is 21. The maximum atomic E-state index is 13.2. The van der Waals surface area contributed by atoms with Crippen molar-refractivity contribution in [1.82, 2.24) is 19.1 Å². The highest BCUT2D eigenvalue weighted by Gasteiger charge is 2.37. The second kappa shape index (κ2) is 26.0. The van der Waals surface area contributed by atoms with Crippen molar-refractivity contribution in [2.75, 3.05) is 62.4 Å². The summed E-state index contributed by atoms with van der Waals surface area (Å²) in [6, 6.07) is 2.19. The number of aromatic nitrogens is 4. The van der Waals surface area contributed by atoms with Crippen molar-refractivity contribution in [2.24, 2.45) is 0 Å². The summed E-state index contributed by atoms with van der Waals surface area (Å²) in [6.07, 6.45) is 16.3. The van der Waals surface area contributed by atoms with E-state index in [1.807, 2.05) is 24.5 Å². The van der Waals surface area contributed by atoms with E-state index in [1.54, 1.807) is 9.13 Å². The number of ether oxygens (including phenoxy) is 2. The Bertz CT molecular complexity index is 1860. The third-order valence-corrected chi connectivity index (χ3v) is 25.7. The highest BCUT2D eigenvalue weighted by Crippen LogP contribution is 2.37. The molecule has 2 aromatic rings. The summed E-state index contributed by atoms with van der Waals surface area (Å²) in [5.74, 6) is 1.15. The minimum Gasteiger partial charge on any atom is -0.417 e. The van der Waals surface area contributed by atoms with Crippen molar-refractivity contribution < 1.29 is 18.3 Å². The normalized spacial score (nSPS) is 15.8. The molecule has 2 saturated heterocycles. The number of hydrogen-bond donors (Lipinski definition) is 0. The lowest BCUT2D eigenvalue weighted by molar-refractivity contribution is 0.0843. The molecule has 2 aromatic heterocycles. The van der Waals surface area contributed by atoms with Gasteiger partial charge >= 0.3 is 0 Å². The summed E-state index contributed by atoms with van der Waals surface area (Å²) in [5, 5.41) is 0.397. The highest BCUT2D eigenvalue weighted by molar-refractivity contribution is 6.76. The predicted molar refractivity (Wildman–Crippen MR) is 288 cm³/mol. The van der Waals surface area contributed by atoms with Gasteiger partial charge in [0.25, 0.3) is 11.1 Å². The fraction of sp³-hybridized carbons (Fsp3) is 0.796. The Hall–Kier alpha value is -2.19. The van der Waals surface area contributed by atoms with Gasteiger partial charge in [0, 0.05) is 74.5 Å². The monoisotopic (exact) mass is 977 g/mol. The molecule has 0 unspecified atom stereocenters. The number of aryl methyl sites for hydroxylation is 1. The van der Waals surface area contributed by atoms with Crippen LogP contribution in [-0.2, 0) is 38.2 Å². The van der Waals surface area contributed by atoms with Crippen molar-refractivity contribution in [3.05, 3.63) is 50.6 Å². The fourth-order valence-electron chi connectivity index (χ4n) is 6.66. The molecule has 0 aromatic carbocycles. The molecule has 2 fully saturated rings.